The number of hydrogen-bond donors (Lipinski definition) is 2. The zero-order valence-corrected chi connectivity index (χ0v) is 13.9. The number of aromatic nitrogens is 3. The van der Waals surface area contributed by atoms with Gasteiger partial charge in [0.25, 0.3) is 5.91 Å². The first-order chi connectivity index (χ1) is 12.9. The smallest absolute Gasteiger partial charge is 0.347 e. The summed E-state index contributed by atoms with van der Waals surface area (Å²) in [6, 6.07) is 9.62. The third-order valence-electron chi connectivity index (χ3n) is 3.54. The second-order valence-electron chi connectivity index (χ2n) is 5.54. The number of carbonyl (C=O) groups excluding carboxylic acids is 1. The maximum absolute atomic E-state index is 12.8. The van der Waals surface area contributed by atoms with E-state index in [1.165, 1.54) is 18.2 Å². The molecule has 0 bridgehead atoms. The van der Waals surface area contributed by atoms with E-state index in [0.717, 1.165) is 24.0 Å². The van der Waals surface area contributed by atoms with Crippen LogP contribution in [0.3, 0.4) is 0 Å². The van der Waals surface area contributed by atoms with Crippen LogP contribution in [0, 0.1) is 0 Å². The van der Waals surface area contributed by atoms with Crippen LogP contribution >= 0.6 is 0 Å². The number of carbonyl (C=O) groups is 1. The predicted molar refractivity (Wildman–Crippen MR) is 92.2 cm³/mol. The summed E-state index contributed by atoms with van der Waals surface area (Å²) in [4.78, 5) is 24.0. The monoisotopic (exact) mass is 373 g/mol. The van der Waals surface area contributed by atoms with Gasteiger partial charge < -0.3 is 10.6 Å². The van der Waals surface area contributed by atoms with Crippen LogP contribution in [0.25, 0.3) is 0 Å². The van der Waals surface area contributed by atoms with E-state index in [1.54, 1.807) is 18.5 Å². The summed E-state index contributed by atoms with van der Waals surface area (Å²) in [5.41, 5.74) is 0.326. The molecule has 0 saturated heterocycles. The molecule has 0 atom stereocenters. The Balaban J connectivity index is 1.69. The standard InChI is InChI=1S/C18H14F3N5O/c19-18(20,21)13-4-1-5-14(7-13)26-16-8-15(24-11-25-16)17(27)23-10-12-3-2-6-22-9-12/h1-9,11H,10H2,(H,23,27)(H,24,25,26). The average Bonchev–Trinajstić information content (AvgIpc) is 2.67. The third-order valence-corrected chi connectivity index (χ3v) is 3.54. The highest BCUT2D eigenvalue weighted by Gasteiger charge is 2.30. The predicted octanol–water partition coefficient (Wildman–Crippen LogP) is 3.56. The lowest BCUT2D eigenvalue weighted by molar-refractivity contribution is -0.137. The summed E-state index contributed by atoms with van der Waals surface area (Å²) in [5, 5.41) is 5.43. The summed E-state index contributed by atoms with van der Waals surface area (Å²) >= 11 is 0. The number of nitrogens with zero attached hydrogens (tertiary/aromatic N) is 3. The van der Waals surface area contributed by atoms with Crippen molar-refractivity contribution in [2.75, 3.05) is 5.32 Å². The molecule has 138 valence electrons. The first-order valence-electron chi connectivity index (χ1n) is 7.85. The van der Waals surface area contributed by atoms with Crippen LogP contribution in [-0.2, 0) is 12.7 Å². The largest absolute Gasteiger partial charge is 0.416 e. The lowest BCUT2D eigenvalue weighted by atomic mass is 10.2. The molecule has 0 unspecified atom stereocenters. The number of rotatable bonds is 5. The maximum atomic E-state index is 12.8. The molecule has 2 N–H and O–H groups in total. The van der Waals surface area contributed by atoms with Gasteiger partial charge in [-0.1, -0.05) is 12.1 Å². The Kier molecular flexibility index (Phi) is 5.30. The van der Waals surface area contributed by atoms with Gasteiger partial charge in [0.2, 0.25) is 0 Å². The quantitative estimate of drug-likeness (QED) is 0.715. The molecule has 0 radical (unpaired) electrons. The van der Waals surface area contributed by atoms with Crippen molar-refractivity contribution in [3.05, 3.63) is 78.0 Å². The van der Waals surface area contributed by atoms with E-state index >= 15 is 0 Å². The van der Waals surface area contributed by atoms with Gasteiger partial charge in [0.05, 0.1) is 5.56 Å². The molecule has 0 spiro atoms. The van der Waals surface area contributed by atoms with Crippen molar-refractivity contribution in [2.24, 2.45) is 0 Å². The van der Waals surface area contributed by atoms with Gasteiger partial charge in [0.1, 0.15) is 17.8 Å². The molecule has 0 aliphatic heterocycles. The molecule has 2 aromatic heterocycles. The molecular weight excluding hydrogens is 359 g/mol. The highest BCUT2D eigenvalue weighted by Crippen LogP contribution is 2.31. The van der Waals surface area contributed by atoms with Gasteiger partial charge in [-0.05, 0) is 29.8 Å². The van der Waals surface area contributed by atoms with Crippen LogP contribution in [0.15, 0.2) is 61.2 Å². The molecule has 0 fully saturated rings. The number of alkyl halides is 3. The topological polar surface area (TPSA) is 79.8 Å². The maximum Gasteiger partial charge on any atom is 0.416 e. The van der Waals surface area contributed by atoms with Crippen LogP contribution in [0.4, 0.5) is 24.7 Å². The Morgan fingerprint density at radius 2 is 1.93 bits per heavy atom. The molecule has 1 aromatic carbocycles. The lowest BCUT2D eigenvalue weighted by Crippen LogP contribution is -2.24. The van der Waals surface area contributed by atoms with Gasteiger partial charge in [-0.15, -0.1) is 0 Å². The molecule has 6 nitrogen and oxygen atoms in total. The first-order valence-corrected chi connectivity index (χ1v) is 7.85. The van der Waals surface area contributed by atoms with Crippen LogP contribution in [-0.4, -0.2) is 20.9 Å². The second kappa shape index (κ2) is 7.81. The first kappa shape index (κ1) is 18.3. The van der Waals surface area contributed by atoms with Gasteiger partial charge >= 0.3 is 6.18 Å². The van der Waals surface area contributed by atoms with Crippen molar-refractivity contribution in [1.82, 2.24) is 20.3 Å². The minimum absolute atomic E-state index is 0.0865. The fourth-order valence-corrected chi connectivity index (χ4v) is 2.25. The molecular formula is C18H14F3N5O. The number of hydrogen-bond acceptors (Lipinski definition) is 5. The Morgan fingerprint density at radius 3 is 2.67 bits per heavy atom. The van der Waals surface area contributed by atoms with Crippen LogP contribution in [0.1, 0.15) is 21.6 Å². The number of benzene rings is 1. The second-order valence-corrected chi connectivity index (χ2v) is 5.54. The summed E-state index contributed by atoms with van der Waals surface area (Å²) in [5.74, 6) is -0.232. The zero-order chi connectivity index (χ0) is 19.3. The molecule has 3 rings (SSSR count). The van der Waals surface area contributed by atoms with Crippen LogP contribution < -0.4 is 10.6 Å². The van der Waals surface area contributed by atoms with E-state index in [0.29, 0.717) is 0 Å². The van der Waals surface area contributed by atoms with E-state index in [2.05, 4.69) is 25.6 Å². The molecule has 9 heteroatoms. The molecule has 3 aromatic rings. The number of halogens is 3. The minimum Gasteiger partial charge on any atom is -0.347 e. The van der Waals surface area contributed by atoms with Gasteiger partial charge in [-0.2, -0.15) is 13.2 Å². The Bertz CT molecular complexity index is 932. The van der Waals surface area contributed by atoms with E-state index in [9.17, 15) is 18.0 Å². The molecule has 0 aliphatic carbocycles. The summed E-state index contributed by atoms with van der Waals surface area (Å²) in [6.45, 7) is 0.271. The van der Waals surface area contributed by atoms with Gasteiger partial charge in [-0.3, -0.25) is 9.78 Å². The summed E-state index contributed by atoms with van der Waals surface area (Å²) in [7, 11) is 0. The van der Waals surface area contributed by atoms with E-state index in [-0.39, 0.29) is 23.7 Å². The normalized spacial score (nSPS) is 11.1. The number of nitrogens with one attached hydrogen (secondary N) is 2. The Morgan fingerprint density at radius 1 is 1.07 bits per heavy atom. The third kappa shape index (κ3) is 5.00. The Labute approximate surface area is 152 Å². The van der Waals surface area contributed by atoms with Gasteiger partial charge in [0.15, 0.2) is 0 Å². The highest BCUT2D eigenvalue weighted by molar-refractivity contribution is 5.92. The van der Waals surface area contributed by atoms with Gasteiger partial charge in [-0.25, -0.2) is 9.97 Å². The number of amides is 1. The van der Waals surface area contributed by atoms with Crippen molar-refractivity contribution in [3.63, 3.8) is 0 Å². The van der Waals surface area contributed by atoms with Crippen LogP contribution in [0.2, 0.25) is 0 Å². The van der Waals surface area contributed by atoms with E-state index < -0.39 is 17.6 Å². The SMILES string of the molecule is O=C(NCc1cccnc1)c1cc(Nc2cccc(C(F)(F)F)c2)ncn1. The van der Waals surface area contributed by atoms with Crippen molar-refractivity contribution < 1.29 is 18.0 Å². The summed E-state index contributed by atoms with van der Waals surface area (Å²) < 4.78 is 38.4. The fraction of sp³-hybridized carbons (Fsp3) is 0.111. The number of pyridine rings is 1. The van der Waals surface area contributed by atoms with Gasteiger partial charge in [0, 0.05) is 30.7 Å². The van der Waals surface area contributed by atoms with E-state index in [4.69, 9.17) is 0 Å². The van der Waals surface area contributed by atoms with E-state index in [1.807, 2.05) is 6.07 Å². The lowest BCUT2D eigenvalue weighted by Gasteiger charge is -2.10. The minimum atomic E-state index is -4.44. The molecule has 0 aliphatic rings. The number of anilines is 2. The van der Waals surface area contributed by atoms with Crippen molar-refractivity contribution >= 4 is 17.4 Å². The highest BCUT2D eigenvalue weighted by atomic mass is 19.4. The summed E-state index contributed by atoms with van der Waals surface area (Å²) in [6.07, 6.45) is -0.0298. The van der Waals surface area contributed by atoms with Crippen molar-refractivity contribution in [1.29, 1.82) is 0 Å². The van der Waals surface area contributed by atoms with Crippen molar-refractivity contribution in [2.45, 2.75) is 12.7 Å². The Hall–Kier alpha value is -3.49. The molecule has 27 heavy (non-hydrogen) atoms. The fourth-order valence-electron chi connectivity index (χ4n) is 2.25. The molecule has 1 amide bonds. The zero-order valence-electron chi connectivity index (χ0n) is 13.9. The average molecular weight is 373 g/mol. The van der Waals surface area contributed by atoms with Crippen LogP contribution in [0.5, 0.6) is 0 Å². The van der Waals surface area contributed by atoms with Crippen molar-refractivity contribution in [3.8, 4) is 0 Å². The molecule has 2 heterocycles. The molecule has 0 saturated carbocycles.